The van der Waals surface area contributed by atoms with Gasteiger partial charge in [0.25, 0.3) is 0 Å². The van der Waals surface area contributed by atoms with Gasteiger partial charge in [0.1, 0.15) is 12.7 Å². The van der Waals surface area contributed by atoms with Crippen molar-refractivity contribution in [2.45, 2.75) is 19.6 Å². The number of epoxide rings is 1. The summed E-state index contributed by atoms with van der Waals surface area (Å²) in [5, 5.41) is 0. The molecule has 1 saturated heterocycles. The maximum Gasteiger partial charge on any atom is 0.338 e. The molecule has 1 aromatic rings. The maximum absolute atomic E-state index is 11.3. The maximum atomic E-state index is 11.3. The molecule has 2 heterocycles. The van der Waals surface area contributed by atoms with E-state index in [1.165, 1.54) is 0 Å². The molecule has 3 rings (SSSR count). The van der Waals surface area contributed by atoms with Crippen molar-refractivity contribution in [1.82, 2.24) is 0 Å². The topological polar surface area (TPSA) is 38.8 Å². The Hall–Kier alpha value is -1.35. The van der Waals surface area contributed by atoms with Crippen LogP contribution in [0.15, 0.2) is 12.1 Å². The highest BCUT2D eigenvalue weighted by atomic mass is 16.6. The number of carbonyl (C=O) groups excluding carboxylic acids is 1. The van der Waals surface area contributed by atoms with Gasteiger partial charge < -0.3 is 9.47 Å². The van der Waals surface area contributed by atoms with E-state index in [1.54, 1.807) is 19.1 Å². The average molecular weight is 193 g/mol. The van der Waals surface area contributed by atoms with Gasteiger partial charge in [0, 0.05) is 5.56 Å². The first kappa shape index (κ1) is 5.51. The number of ether oxygens (including phenoxy) is 2. The van der Waals surface area contributed by atoms with Crippen LogP contribution in [-0.2, 0) is 16.1 Å². The Morgan fingerprint density at radius 3 is 3.14 bits per heavy atom. The van der Waals surface area contributed by atoms with Crippen LogP contribution < -0.4 is 0 Å². The van der Waals surface area contributed by atoms with E-state index in [9.17, 15) is 4.79 Å². The van der Waals surface area contributed by atoms with Crippen molar-refractivity contribution in [2.24, 2.45) is 0 Å². The van der Waals surface area contributed by atoms with Gasteiger partial charge in [-0.1, -0.05) is 6.07 Å². The molecule has 1 atom stereocenters. The van der Waals surface area contributed by atoms with Crippen LogP contribution in [0.3, 0.4) is 0 Å². The molecular formula is C11H10O3. The van der Waals surface area contributed by atoms with E-state index in [0.717, 1.165) is 5.56 Å². The summed E-state index contributed by atoms with van der Waals surface area (Å²) >= 11 is 0. The zero-order valence-electron chi connectivity index (χ0n) is 10.6. The molecule has 0 radical (unpaired) electrons. The van der Waals surface area contributed by atoms with Crippen LogP contribution in [-0.4, -0.2) is 12.5 Å². The molecule has 3 heteroatoms. The second-order valence-corrected chi connectivity index (χ2v) is 3.37. The molecule has 0 aliphatic carbocycles. The number of fused-ring (bicyclic) bond motifs is 1. The van der Waals surface area contributed by atoms with E-state index in [0.29, 0.717) is 16.7 Å². The first-order chi connectivity index (χ1) is 7.87. The number of rotatable bonds is 1. The fraction of sp³-hybridized carbons (Fsp3) is 0.364. The quantitative estimate of drug-likeness (QED) is 0.503. The molecule has 1 unspecified atom stereocenters. The second kappa shape index (κ2) is 2.58. The highest BCUT2D eigenvalue weighted by Gasteiger charge is 2.31. The summed E-state index contributed by atoms with van der Waals surface area (Å²) in [7, 11) is 0. The molecule has 0 spiro atoms. The minimum atomic E-state index is -1.96. The molecule has 2 aliphatic heterocycles. The minimum Gasteiger partial charge on any atom is -0.457 e. The van der Waals surface area contributed by atoms with Crippen molar-refractivity contribution in [3.05, 3.63) is 34.4 Å². The van der Waals surface area contributed by atoms with E-state index >= 15 is 0 Å². The van der Waals surface area contributed by atoms with Crippen molar-refractivity contribution in [1.29, 1.82) is 0 Å². The monoisotopic (exact) mass is 193 g/mol. The zero-order chi connectivity index (χ0) is 12.4. The summed E-state index contributed by atoms with van der Waals surface area (Å²) in [6.45, 7) is -0.0213. The molecular weight excluding hydrogens is 180 g/mol. The van der Waals surface area contributed by atoms with Gasteiger partial charge in [0.2, 0.25) is 0 Å². The Labute approximate surface area is 85.8 Å². The van der Waals surface area contributed by atoms with E-state index in [-0.39, 0.29) is 12.6 Å². The Morgan fingerprint density at radius 1 is 1.64 bits per heavy atom. The zero-order valence-corrected chi connectivity index (χ0v) is 7.59. The lowest BCUT2D eigenvalue weighted by Gasteiger charge is -2.05. The fourth-order valence-corrected chi connectivity index (χ4v) is 1.73. The lowest BCUT2D eigenvalue weighted by Crippen LogP contribution is -1.96. The van der Waals surface area contributed by atoms with E-state index < -0.39 is 12.6 Å². The Bertz CT molecular complexity index is 541. The van der Waals surface area contributed by atoms with Gasteiger partial charge in [-0.05, 0) is 24.1 Å². The van der Waals surface area contributed by atoms with Gasteiger partial charge in [-0.25, -0.2) is 4.79 Å². The smallest absolute Gasteiger partial charge is 0.338 e. The van der Waals surface area contributed by atoms with Crippen molar-refractivity contribution < 1.29 is 18.4 Å². The van der Waals surface area contributed by atoms with E-state index in [4.69, 9.17) is 13.6 Å². The minimum absolute atomic E-state index is 0.187. The first-order valence-electron chi connectivity index (χ1n) is 5.87. The number of carbonyl (C=O) groups is 1. The van der Waals surface area contributed by atoms with Gasteiger partial charge in [-0.3, -0.25) is 0 Å². The third-order valence-electron chi connectivity index (χ3n) is 2.61. The van der Waals surface area contributed by atoms with E-state index in [1.807, 2.05) is 0 Å². The molecule has 0 saturated carbocycles. The molecule has 1 aromatic carbocycles. The molecule has 3 nitrogen and oxygen atoms in total. The van der Waals surface area contributed by atoms with Crippen LogP contribution >= 0.6 is 0 Å². The van der Waals surface area contributed by atoms with Crippen molar-refractivity contribution in [2.75, 3.05) is 6.56 Å². The molecule has 0 bridgehead atoms. The Balaban J connectivity index is 2.14. The molecule has 0 N–H and O–H groups in total. The standard InChI is InChI=1S/C11H10O3/c1-6-7(10-5-13-10)2-3-8-9(6)4-14-11(8)12/h2-3,10H,4-5H2,1H3/i5D2,10D. The predicted octanol–water partition coefficient (Wildman–Crippen LogP) is 1.74. The van der Waals surface area contributed by atoms with Gasteiger partial charge in [-0.15, -0.1) is 0 Å². The first-order valence-corrected chi connectivity index (χ1v) is 4.37. The van der Waals surface area contributed by atoms with Gasteiger partial charge in [0.05, 0.1) is 16.2 Å². The molecule has 1 fully saturated rings. The summed E-state index contributed by atoms with van der Waals surface area (Å²) in [5.74, 6) is -0.367. The SMILES string of the molecule is [2H]C1([2H])OC1([2H])c1ccc2c(c1C)COC2=O. The van der Waals surface area contributed by atoms with Crippen LogP contribution in [0, 0.1) is 6.92 Å². The summed E-state index contributed by atoms with van der Waals surface area (Å²) in [4.78, 5) is 11.3. The lowest BCUT2D eigenvalue weighted by molar-refractivity contribution is 0.0535. The number of hydrogen-bond donors (Lipinski definition) is 0. The van der Waals surface area contributed by atoms with Crippen molar-refractivity contribution >= 4 is 5.97 Å². The summed E-state index contributed by atoms with van der Waals surface area (Å²) in [5.41, 5.74) is 2.38. The highest BCUT2D eigenvalue weighted by molar-refractivity contribution is 5.93. The molecule has 2 aliphatic rings. The number of esters is 1. The fourth-order valence-electron chi connectivity index (χ4n) is 1.73. The lowest BCUT2D eigenvalue weighted by atomic mass is 9.97. The largest absolute Gasteiger partial charge is 0.457 e. The third-order valence-corrected chi connectivity index (χ3v) is 2.61. The highest BCUT2D eigenvalue weighted by Crippen LogP contribution is 2.36. The second-order valence-electron chi connectivity index (χ2n) is 3.37. The third kappa shape index (κ3) is 0.990. The van der Waals surface area contributed by atoms with Crippen molar-refractivity contribution in [3.63, 3.8) is 0 Å². The molecule has 72 valence electrons. The van der Waals surface area contributed by atoms with Gasteiger partial charge in [-0.2, -0.15) is 0 Å². The molecule has 0 amide bonds. The Morgan fingerprint density at radius 2 is 2.43 bits per heavy atom. The predicted molar refractivity (Wildman–Crippen MR) is 49.0 cm³/mol. The van der Waals surface area contributed by atoms with E-state index in [2.05, 4.69) is 0 Å². The van der Waals surface area contributed by atoms with Crippen LogP contribution in [0.2, 0.25) is 0 Å². The van der Waals surface area contributed by atoms with Crippen molar-refractivity contribution in [3.8, 4) is 0 Å². The summed E-state index contributed by atoms with van der Waals surface area (Å²) in [6, 6.07) is 3.14. The van der Waals surface area contributed by atoms with Crippen LogP contribution in [0.1, 0.15) is 37.2 Å². The average Bonchev–Trinajstić information content (AvgIpc) is 2.58. The number of cyclic esters (lactones) is 1. The van der Waals surface area contributed by atoms with Crippen LogP contribution in [0.4, 0.5) is 0 Å². The number of hydrogen-bond acceptors (Lipinski definition) is 3. The van der Waals surface area contributed by atoms with Crippen LogP contribution in [0.25, 0.3) is 0 Å². The Kier molecular flexibility index (Phi) is 1.01. The van der Waals surface area contributed by atoms with Gasteiger partial charge >= 0.3 is 5.97 Å². The van der Waals surface area contributed by atoms with Gasteiger partial charge in [0.15, 0.2) is 0 Å². The normalized spacial score (nSPS) is 35.2. The number of benzene rings is 1. The molecule has 14 heavy (non-hydrogen) atoms. The molecule has 0 aromatic heterocycles. The summed E-state index contributed by atoms with van der Waals surface area (Å²) < 4.78 is 32.5. The van der Waals surface area contributed by atoms with Crippen LogP contribution in [0.5, 0.6) is 0 Å². The summed E-state index contributed by atoms with van der Waals surface area (Å²) in [6.07, 6.45) is -1.66.